The van der Waals surface area contributed by atoms with Crippen molar-refractivity contribution < 1.29 is 0 Å². The molecule has 0 amide bonds. The zero-order chi connectivity index (χ0) is 15.0. The van der Waals surface area contributed by atoms with Gasteiger partial charge >= 0.3 is 0 Å². The highest BCUT2D eigenvalue weighted by molar-refractivity contribution is 5.19. The summed E-state index contributed by atoms with van der Waals surface area (Å²) in [6.45, 7) is 12.5. The molecule has 1 N–H and O–H groups in total. The molecule has 1 saturated heterocycles. The van der Waals surface area contributed by atoms with Crippen LogP contribution in [0.4, 0.5) is 0 Å². The number of aryl methyl sites for hydroxylation is 1. The van der Waals surface area contributed by atoms with E-state index in [-0.39, 0.29) is 0 Å². The summed E-state index contributed by atoms with van der Waals surface area (Å²) in [7, 11) is 0. The van der Waals surface area contributed by atoms with Crippen molar-refractivity contribution in [1.82, 2.24) is 15.2 Å². The van der Waals surface area contributed by atoms with Gasteiger partial charge in [0.1, 0.15) is 0 Å². The third-order valence-corrected chi connectivity index (χ3v) is 5.58. The molecule has 21 heavy (non-hydrogen) atoms. The SMILES string of the molecule is Cc1cccnc1CN1CC(C(C)C)NCC1(C)C1CC1. The Hall–Kier alpha value is -0.930. The number of nitrogens with one attached hydrogen (secondary N) is 1. The Morgan fingerprint density at radius 2 is 2.19 bits per heavy atom. The van der Waals surface area contributed by atoms with Gasteiger partial charge in [0.25, 0.3) is 0 Å². The first-order valence-electron chi connectivity index (χ1n) is 8.39. The second-order valence-corrected chi connectivity index (χ2v) is 7.51. The summed E-state index contributed by atoms with van der Waals surface area (Å²) in [6.07, 6.45) is 4.71. The molecule has 0 bridgehead atoms. The Kier molecular flexibility index (Phi) is 4.06. The van der Waals surface area contributed by atoms with Crippen LogP contribution in [0.15, 0.2) is 18.3 Å². The van der Waals surface area contributed by atoms with Crippen LogP contribution in [0.5, 0.6) is 0 Å². The van der Waals surface area contributed by atoms with Crippen LogP contribution in [0.1, 0.15) is 44.9 Å². The van der Waals surface area contributed by atoms with Gasteiger partial charge in [-0.2, -0.15) is 0 Å². The molecule has 116 valence electrons. The molecule has 1 saturated carbocycles. The fourth-order valence-electron chi connectivity index (χ4n) is 3.62. The Labute approximate surface area is 129 Å². The number of hydrogen-bond acceptors (Lipinski definition) is 3. The number of rotatable bonds is 4. The Morgan fingerprint density at radius 1 is 1.43 bits per heavy atom. The predicted octanol–water partition coefficient (Wildman–Crippen LogP) is 2.99. The molecule has 0 spiro atoms. The van der Waals surface area contributed by atoms with Gasteiger partial charge in [0.05, 0.1) is 5.69 Å². The van der Waals surface area contributed by atoms with Crippen LogP contribution in [0.2, 0.25) is 0 Å². The summed E-state index contributed by atoms with van der Waals surface area (Å²) in [5.41, 5.74) is 2.86. The molecule has 2 heterocycles. The van der Waals surface area contributed by atoms with Crippen molar-refractivity contribution in [2.45, 2.75) is 58.7 Å². The normalized spacial score (nSPS) is 30.8. The molecule has 2 unspecified atom stereocenters. The maximum atomic E-state index is 4.63. The van der Waals surface area contributed by atoms with Crippen molar-refractivity contribution in [2.24, 2.45) is 11.8 Å². The van der Waals surface area contributed by atoms with E-state index in [1.807, 2.05) is 12.3 Å². The monoisotopic (exact) mass is 287 g/mol. The quantitative estimate of drug-likeness (QED) is 0.923. The predicted molar refractivity (Wildman–Crippen MR) is 87.1 cm³/mol. The van der Waals surface area contributed by atoms with Gasteiger partial charge in [0.15, 0.2) is 0 Å². The Bertz CT molecular complexity index is 495. The van der Waals surface area contributed by atoms with E-state index in [1.54, 1.807) is 0 Å². The molecule has 1 aliphatic heterocycles. The molecule has 3 heteroatoms. The van der Waals surface area contributed by atoms with Crippen LogP contribution in [-0.4, -0.2) is 34.6 Å². The maximum Gasteiger partial charge on any atom is 0.0573 e. The number of piperazine rings is 1. The van der Waals surface area contributed by atoms with E-state index in [0.717, 1.165) is 25.6 Å². The highest BCUT2D eigenvalue weighted by atomic mass is 15.3. The zero-order valence-corrected chi connectivity index (χ0v) is 13.9. The summed E-state index contributed by atoms with van der Waals surface area (Å²) in [6, 6.07) is 4.81. The fourth-order valence-corrected chi connectivity index (χ4v) is 3.62. The minimum atomic E-state index is 0.301. The van der Waals surface area contributed by atoms with E-state index in [0.29, 0.717) is 17.5 Å². The number of aromatic nitrogens is 1. The maximum absolute atomic E-state index is 4.63. The third-order valence-electron chi connectivity index (χ3n) is 5.58. The number of hydrogen-bond donors (Lipinski definition) is 1. The molecule has 3 rings (SSSR count). The van der Waals surface area contributed by atoms with E-state index >= 15 is 0 Å². The van der Waals surface area contributed by atoms with Crippen LogP contribution in [0, 0.1) is 18.8 Å². The largest absolute Gasteiger partial charge is 0.311 e. The van der Waals surface area contributed by atoms with Crippen molar-refractivity contribution in [2.75, 3.05) is 13.1 Å². The van der Waals surface area contributed by atoms with Gasteiger partial charge in [-0.1, -0.05) is 19.9 Å². The van der Waals surface area contributed by atoms with E-state index in [4.69, 9.17) is 0 Å². The minimum Gasteiger partial charge on any atom is -0.311 e. The molecule has 1 aliphatic carbocycles. The van der Waals surface area contributed by atoms with Crippen LogP contribution in [0.3, 0.4) is 0 Å². The molecule has 2 fully saturated rings. The lowest BCUT2D eigenvalue weighted by Crippen LogP contribution is -2.65. The standard InChI is InChI=1S/C18H29N3/c1-13(2)16-10-21(11-17-14(3)6-5-9-19-17)18(4,12-20-16)15-7-8-15/h5-6,9,13,15-16,20H,7-8,10-12H2,1-4H3. The minimum absolute atomic E-state index is 0.301. The molecule has 1 aromatic rings. The Balaban J connectivity index is 1.81. The zero-order valence-electron chi connectivity index (χ0n) is 13.9. The molecule has 2 atom stereocenters. The lowest BCUT2D eigenvalue weighted by Gasteiger charge is -2.49. The van der Waals surface area contributed by atoms with Crippen LogP contribution in [-0.2, 0) is 6.54 Å². The second-order valence-electron chi connectivity index (χ2n) is 7.51. The lowest BCUT2D eigenvalue weighted by molar-refractivity contribution is 0.0176. The first kappa shape index (κ1) is 15.0. The van der Waals surface area contributed by atoms with Crippen molar-refractivity contribution in [3.63, 3.8) is 0 Å². The average Bonchev–Trinajstić information content (AvgIpc) is 3.28. The smallest absolute Gasteiger partial charge is 0.0573 e. The molecular formula is C18H29N3. The van der Waals surface area contributed by atoms with Crippen LogP contribution in [0.25, 0.3) is 0 Å². The van der Waals surface area contributed by atoms with Crippen molar-refractivity contribution in [3.05, 3.63) is 29.6 Å². The van der Waals surface area contributed by atoms with Crippen LogP contribution < -0.4 is 5.32 Å². The van der Waals surface area contributed by atoms with Gasteiger partial charge in [-0.05, 0) is 50.2 Å². The summed E-state index contributed by atoms with van der Waals surface area (Å²) in [5, 5.41) is 3.80. The van der Waals surface area contributed by atoms with Gasteiger partial charge in [0.2, 0.25) is 0 Å². The first-order chi connectivity index (χ1) is 10.0. The van der Waals surface area contributed by atoms with Crippen molar-refractivity contribution >= 4 is 0 Å². The summed E-state index contributed by atoms with van der Waals surface area (Å²) < 4.78 is 0. The van der Waals surface area contributed by atoms with Crippen molar-refractivity contribution in [1.29, 1.82) is 0 Å². The fraction of sp³-hybridized carbons (Fsp3) is 0.722. The molecular weight excluding hydrogens is 258 g/mol. The topological polar surface area (TPSA) is 28.2 Å². The molecule has 0 radical (unpaired) electrons. The number of nitrogens with zero attached hydrogens (tertiary/aromatic N) is 2. The highest BCUT2D eigenvalue weighted by Gasteiger charge is 2.48. The summed E-state index contributed by atoms with van der Waals surface area (Å²) in [5.74, 6) is 1.54. The van der Waals surface area contributed by atoms with E-state index in [1.165, 1.54) is 24.1 Å². The van der Waals surface area contributed by atoms with Gasteiger partial charge < -0.3 is 5.32 Å². The van der Waals surface area contributed by atoms with E-state index in [2.05, 4.69) is 49.0 Å². The van der Waals surface area contributed by atoms with Crippen LogP contribution >= 0.6 is 0 Å². The Morgan fingerprint density at radius 3 is 2.81 bits per heavy atom. The van der Waals surface area contributed by atoms with Gasteiger partial charge in [-0.25, -0.2) is 0 Å². The highest BCUT2D eigenvalue weighted by Crippen LogP contribution is 2.44. The molecule has 3 nitrogen and oxygen atoms in total. The van der Waals surface area contributed by atoms with E-state index in [9.17, 15) is 0 Å². The van der Waals surface area contributed by atoms with E-state index < -0.39 is 0 Å². The first-order valence-corrected chi connectivity index (χ1v) is 8.39. The van der Waals surface area contributed by atoms with Gasteiger partial charge in [-0.3, -0.25) is 9.88 Å². The molecule has 1 aromatic heterocycles. The van der Waals surface area contributed by atoms with Gasteiger partial charge in [0, 0.05) is 37.4 Å². The van der Waals surface area contributed by atoms with Gasteiger partial charge in [-0.15, -0.1) is 0 Å². The molecule has 0 aromatic carbocycles. The molecule has 2 aliphatic rings. The van der Waals surface area contributed by atoms with Crippen molar-refractivity contribution in [3.8, 4) is 0 Å². The third kappa shape index (κ3) is 3.00. The summed E-state index contributed by atoms with van der Waals surface area (Å²) >= 11 is 0. The summed E-state index contributed by atoms with van der Waals surface area (Å²) in [4.78, 5) is 7.33. The second kappa shape index (κ2) is 5.69. The average molecular weight is 287 g/mol. The lowest BCUT2D eigenvalue weighted by atomic mass is 9.87. The number of pyridine rings is 1.